The highest BCUT2D eigenvalue weighted by molar-refractivity contribution is 6.07. The predicted molar refractivity (Wildman–Crippen MR) is 187 cm³/mol. The van der Waals surface area contributed by atoms with Crippen LogP contribution in [0.25, 0.3) is 12.2 Å². The van der Waals surface area contributed by atoms with E-state index >= 15 is 0 Å². The summed E-state index contributed by atoms with van der Waals surface area (Å²) in [5.41, 5.74) is 3.89. The smallest absolute Gasteiger partial charge is 0.274 e. The van der Waals surface area contributed by atoms with Crippen molar-refractivity contribution in [3.05, 3.63) is 95.3 Å². The number of carbonyl (C=O) groups excluding carboxylic acids is 3. The van der Waals surface area contributed by atoms with E-state index < -0.39 is 0 Å². The molecule has 1 atom stereocenters. The van der Waals surface area contributed by atoms with Gasteiger partial charge in [-0.25, -0.2) is 0 Å². The van der Waals surface area contributed by atoms with E-state index in [1.54, 1.807) is 55.5 Å². The second-order valence-corrected chi connectivity index (χ2v) is 11.7. The number of methoxy groups -OCH3 is 1. The quantitative estimate of drug-likeness (QED) is 0.186. The second-order valence-electron chi connectivity index (χ2n) is 11.7. The molecule has 48 heavy (non-hydrogen) atoms. The Morgan fingerprint density at radius 3 is 2.27 bits per heavy atom. The average molecular weight is 654 g/mol. The Morgan fingerprint density at radius 1 is 0.917 bits per heavy atom. The molecular weight excluding hydrogens is 610 g/mol. The Kier molecular flexibility index (Phi) is 11.4. The van der Waals surface area contributed by atoms with Gasteiger partial charge in [-0.1, -0.05) is 37.3 Å². The van der Waals surface area contributed by atoms with Crippen LogP contribution in [0.3, 0.4) is 0 Å². The highest BCUT2D eigenvalue weighted by Crippen LogP contribution is 2.24. The maximum Gasteiger partial charge on any atom is 0.274 e. The van der Waals surface area contributed by atoms with Gasteiger partial charge in [0.2, 0.25) is 0 Å². The number of aromatic nitrogens is 3. The van der Waals surface area contributed by atoms with Crippen LogP contribution < -0.4 is 20.7 Å². The van der Waals surface area contributed by atoms with Crippen molar-refractivity contribution < 1.29 is 23.9 Å². The van der Waals surface area contributed by atoms with Crippen LogP contribution in [0.2, 0.25) is 0 Å². The van der Waals surface area contributed by atoms with E-state index in [1.165, 1.54) is 0 Å². The number of anilines is 2. The van der Waals surface area contributed by atoms with Crippen LogP contribution in [0.4, 0.5) is 11.4 Å². The molecule has 0 saturated carbocycles. The summed E-state index contributed by atoms with van der Waals surface area (Å²) in [6, 6.07) is 14.5. The molecule has 0 radical (unpaired) electrons. The molecule has 12 heteroatoms. The second kappa shape index (κ2) is 16.1. The lowest BCUT2D eigenvalue weighted by Gasteiger charge is -2.26. The van der Waals surface area contributed by atoms with Gasteiger partial charge in [0.1, 0.15) is 22.8 Å². The molecule has 0 spiro atoms. The Bertz CT molecular complexity index is 1740. The zero-order valence-electron chi connectivity index (χ0n) is 27.9. The molecule has 0 bridgehead atoms. The Balaban J connectivity index is 1.21. The number of pyridine rings is 1. The molecule has 1 unspecified atom stereocenters. The standard InChI is InChI=1S/C36H43N7O5/c1-5-25(2)43-24-29(39-34(44)31-13-10-27(22-38-31)7-6-26-8-11-30(47-4)12-9-26)21-33(43)36(46)40-28-20-32(41(3)23-28)35(45)37-14-15-42-16-18-48-19-17-42/h6-13,20-25H,5,14-19H2,1-4H3,(H,37,45)(H,39,44)(H,40,46)/b7-6+. The molecule has 12 nitrogen and oxygen atoms in total. The normalized spacial score (nSPS) is 14.1. The molecule has 1 fully saturated rings. The highest BCUT2D eigenvalue weighted by atomic mass is 16.5. The van der Waals surface area contributed by atoms with Crippen molar-refractivity contribution in [3.8, 4) is 5.75 Å². The fourth-order valence-electron chi connectivity index (χ4n) is 5.33. The van der Waals surface area contributed by atoms with Gasteiger partial charge >= 0.3 is 0 Å². The van der Waals surface area contributed by atoms with Gasteiger partial charge in [0.15, 0.2) is 0 Å². The summed E-state index contributed by atoms with van der Waals surface area (Å²) in [4.78, 5) is 46.1. The van der Waals surface area contributed by atoms with Gasteiger partial charge < -0.3 is 34.6 Å². The minimum absolute atomic E-state index is 0.00474. The monoisotopic (exact) mass is 653 g/mol. The summed E-state index contributed by atoms with van der Waals surface area (Å²) in [5, 5.41) is 8.75. The van der Waals surface area contributed by atoms with Gasteiger partial charge in [-0.3, -0.25) is 24.3 Å². The molecule has 252 valence electrons. The van der Waals surface area contributed by atoms with Crippen molar-refractivity contribution in [2.45, 2.75) is 26.3 Å². The molecule has 0 aliphatic carbocycles. The largest absolute Gasteiger partial charge is 0.497 e. The number of aryl methyl sites for hydroxylation is 1. The third kappa shape index (κ3) is 8.78. The van der Waals surface area contributed by atoms with E-state index in [1.807, 2.05) is 60.9 Å². The van der Waals surface area contributed by atoms with E-state index in [-0.39, 0.29) is 29.5 Å². The number of nitrogens with one attached hydrogen (secondary N) is 3. The maximum atomic E-state index is 13.5. The van der Waals surface area contributed by atoms with E-state index in [4.69, 9.17) is 9.47 Å². The first kappa shape index (κ1) is 34.1. The van der Waals surface area contributed by atoms with Gasteiger partial charge in [-0.15, -0.1) is 0 Å². The lowest BCUT2D eigenvalue weighted by molar-refractivity contribution is 0.0383. The molecule has 3 aromatic heterocycles. The summed E-state index contributed by atoms with van der Waals surface area (Å²) in [5.74, 6) is -0.166. The maximum absolute atomic E-state index is 13.5. The van der Waals surface area contributed by atoms with Crippen LogP contribution in [0, 0.1) is 0 Å². The lowest BCUT2D eigenvalue weighted by atomic mass is 10.1. The molecular formula is C36H43N7O5. The average Bonchev–Trinajstić information content (AvgIpc) is 3.70. The number of rotatable bonds is 13. The topological polar surface area (TPSA) is 132 Å². The van der Waals surface area contributed by atoms with Crippen molar-refractivity contribution in [1.82, 2.24) is 24.3 Å². The zero-order chi connectivity index (χ0) is 34.0. The molecule has 3 N–H and O–H groups in total. The van der Waals surface area contributed by atoms with Crippen molar-refractivity contribution in [1.29, 1.82) is 0 Å². The van der Waals surface area contributed by atoms with Crippen LogP contribution in [0.1, 0.15) is 68.9 Å². The molecule has 5 rings (SSSR count). The molecule has 1 aliphatic rings. The molecule has 4 aromatic rings. The predicted octanol–water partition coefficient (Wildman–Crippen LogP) is 4.94. The van der Waals surface area contributed by atoms with Crippen LogP contribution >= 0.6 is 0 Å². The number of nitrogens with zero attached hydrogens (tertiary/aromatic N) is 4. The summed E-state index contributed by atoms with van der Waals surface area (Å²) < 4.78 is 14.1. The van der Waals surface area contributed by atoms with Gasteiger partial charge in [-0.2, -0.15) is 0 Å². The number of carbonyl (C=O) groups is 3. The van der Waals surface area contributed by atoms with Crippen LogP contribution in [-0.4, -0.2) is 83.2 Å². The minimum Gasteiger partial charge on any atom is -0.497 e. The first-order valence-electron chi connectivity index (χ1n) is 16.1. The Hall–Kier alpha value is -5.20. The number of ether oxygens (including phenoxy) is 2. The summed E-state index contributed by atoms with van der Waals surface area (Å²) in [6.07, 6.45) is 9.74. The van der Waals surface area contributed by atoms with Crippen molar-refractivity contribution in [2.24, 2.45) is 7.05 Å². The molecule has 1 aliphatic heterocycles. The molecule has 3 amide bonds. The van der Waals surface area contributed by atoms with Crippen molar-refractivity contribution in [2.75, 3.05) is 57.1 Å². The fourth-order valence-corrected chi connectivity index (χ4v) is 5.33. The number of amides is 3. The van der Waals surface area contributed by atoms with Crippen molar-refractivity contribution in [3.63, 3.8) is 0 Å². The third-order valence-corrected chi connectivity index (χ3v) is 8.32. The zero-order valence-corrected chi connectivity index (χ0v) is 27.9. The van der Waals surface area contributed by atoms with Crippen LogP contribution in [-0.2, 0) is 11.8 Å². The number of hydrogen-bond donors (Lipinski definition) is 3. The summed E-state index contributed by atoms with van der Waals surface area (Å²) in [6.45, 7) is 8.42. The number of morpholine rings is 1. The van der Waals surface area contributed by atoms with Gasteiger partial charge in [0.25, 0.3) is 17.7 Å². The van der Waals surface area contributed by atoms with Gasteiger partial charge in [-0.05, 0) is 54.8 Å². The first-order chi connectivity index (χ1) is 23.2. The Morgan fingerprint density at radius 2 is 1.58 bits per heavy atom. The SMILES string of the molecule is CCC(C)n1cc(NC(=O)c2ccc(/C=C/c3ccc(OC)cc3)cn2)cc1C(=O)Nc1cc(C(=O)NCCN2CCOCC2)n(C)c1. The van der Waals surface area contributed by atoms with Crippen molar-refractivity contribution >= 4 is 41.2 Å². The van der Waals surface area contributed by atoms with Crippen LogP contribution in [0.5, 0.6) is 5.75 Å². The summed E-state index contributed by atoms with van der Waals surface area (Å²) in [7, 11) is 3.39. The van der Waals surface area contributed by atoms with E-state index in [0.29, 0.717) is 42.5 Å². The lowest BCUT2D eigenvalue weighted by Crippen LogP contribution is -2.41. The Labute approximate surface area is 280 Å². The molecule has 1 aromatic carbocycles. The fraction of sp³-hybridized carbons (Fsp3) is 0.333. The number of benzene rings is 1. The third-order valence-electron chi connectivity index (χ3n) is 8.32. The number of hydrogen-bond acceptors (Lipinski definition) is 7. The van der Waals surface area contributed by atoms with Crippen LogP contribution in [0.15, 0.2) is 67.1 Å². The van der Waals surface area contributed by atoms with E-state index in [9.17, 15) is 14.4 Å². The molecule has 1 saturated heterocycles. The highest BCUT2D eigenvalue weighted by Gasteiger charge is 2.21. The summed E-state index contributed by atoms with van der Waals surface area (Å²) >= 11 is 0. The minimum atomic E-state index is -0.388. The van der Waals surface area contributed by atoms with Gasteiger partial charge in [0, 0.05) is 57.9 Å². The van der Waals surface area contributed by atoms with E-state index in [0.717, 1.165) is 42.9 Å². The van der Waals surface area contributed by atoms with E-state index in [2.05, 4.69) is 25.8 Å². The first-order valence-corrected chi connectivity index (χ1v) is 16.1. The van der Waals surface area contributed by atoms with Gasteiger partial charge in [0.05, 0.1) is 31.7 Å². The molecule has 4 heterocycles.